The van der Waals surface area contributed by atoms with Crippen LogP contribution in [-0.4, -0.2) is 54.1 Å². The van der Waals surface area contributed by atoms with Crippen LogP contribution in [0.2, 0.25) is 0 Å². The number of carbonyl (C=O) groups excluding carboxylic acids is 1. The summed E-state index contributed by atoms with van der Waals surface area (Å²) in [5.41, 5.74) is -0.663. The summed E-state index contributed by atoms with van der Waals surface area (Å²) in [6.07, 6.45) is 13.2. The first-order valence-corrected chi connectivity index (χ1v) is 11.1. The van der Waals surface area contributed by atoms with Crippen molar-refractivity contribution < 1.29 is 24.2 Å². The summed E-state index contributed by atoms with van der Waals surface area (Å²) in [6, 6.07) is 0.619. The average Bonchev–Trinajstić information content (AvgIpc) is 2.66. The third-order valence-corrected chi connectivity index (χ3v) is 5.46. The van der Waals surface area contributed by atoms with E-state index in [1.165, 1.54) is 71.3 Å². The van der Waals surface area contributed by atoms with Crippen molar-refractivity contribution in [3.05, 3.63) is 0 Å². The fourth-order valence-corrected chi connectivity index (χ4v) is 3.82. The van der Waals surface area contributed by atoms with Crippen LogP contribution in [0.1, 0.15) is 91.9 Å². The molecule has 2 fully saturated rings. The lowest BCUT2D eigenvalue weighted by atomic mass is 9.91. The van der Waals surface area contributed by atoms with Gasteiger partial charge in [0.2, 0.25) is 0 Å². The topological polar surface area (TPSA) is 96.9 Å². The van der Waals surface area contributed by atoms with Crippen LogP contribution in [0.25, 0.3) is 0 Å². The van der Waals surface area contributed by atoms with Crippen LogP contribution >= 0.6 is 0 Å². The van der Waals surface area contributed by atoms with Gasteiger partial charge in [-0.15, -0.1) is 0 Å². The molecule has 0 spiro atoms. The standard InChI is InChI=1S/C12H23N.C10H19NO5/c1-3-7-11(8-4-1)13-12-9-5-2-6-10-12;1-6(15-5)7(8(12)13)11-9(14)16-10(2,3)4/h11-13H,1-10H2;6-7H,1-5H3,(H,11,14)(H,12,13)/t;6-,7+/m.0/s1. The summed E-state index contributed by atoms with van der Waals surface area (Å²) in [6.45, 7) is 6.64. The van der Waals surface area contributed by atoms with E-state index in [0.29, 0.717) is 0 Å². The van der Waals surface area contributed by atoms with Crippen molar-refractivity contribution in [2.45, 2.75) is 122 Å². The lowest BCUT2D eigenvalue weighted by Crippen LogP contribution is -2.49. The molecule has 1 amide bonds. The van der Waals surface area contributed by atoms with Gasteiger partial charge in [-0.05, 0) is 53.4 Å². The van der Waals surface area contributed by atoms with Crippen LogP contribution in [0.4, 0.5) is 4.79 Å². The number of rotatable bonds is 6. The Morgan fingerprint density at radius 1 is 0.931 bits per heavy atom. The number of aliphatic carboxylic acids is 1. The number of methoxy groups -OCH3 is 1. The van der Waals surface area contributed by atoms with E-state index in [2.05, 4.69) is 10.6 Å². The molecule has 2 saturated carbocycles. The minimum absolute atomic E-state index is 0.634. The van der Waals surface area contributed by atoms with Crippen molar-refractivity contribution in [2.75, 3.05) is 7.11 Å². The normalized spacial score (nSPS) is 20.7. The number of ether oxygens (including phenoxy) is 2. The highest BCUT2D eigenvalue weighted by molar-refractivity contribution is 5.80. The van der Waals surface area contributed by atoms with E-state index in [9.17, 15) is 9.59 Å². The van der Waals surface area contributed by atoms with Crippen LogP contribution < -0.4 is 10.6 Å². The molecular formula is C22H42N2O5. The van der Waals surface area contributed by atoms with Gasteiger partial charge in [0.1, 0.15) is 5.60 Å². The second kappa shape index (κ2) is 13.1. The van der Waals surface area contributed by atoms with E-state index in [-0.39, 0.29) is 0 Å². The highest BCUT2D eigenvalue weighted by Gasteiger charge is 2.28. The molecule has 0 heterocycles. The molecule has 0 aromatic carbocycles. The van der Waals surface area contributed by atoms with Gasteiger partial charge in [-0.1, -0.05) is 38.5 Å². The largest absolute Gasteiger partial charge is 0.480 e. The second-order valence-electron chi connectivity index (χ2n) is 9.24. The molecule has 0 saturated heterocycles. The fraction of sp³-hybridized carbons (Fsp3) is 0.909. The first-order chi connectivity index (χ1) is 13.6. The molecule has 0 aromatic heterocycles. The number of carbonyl (C=O) groups is 2. The van der Waals surface area contributed by atoms with Gasteiger partial charge >= 0.3 is 12.1 Å². The third kappa shape index (κ3) is 11.4. The van der Waals surface area contributed by atoms with E-state index in [4.69, 9.17) is 14.6 Å². The molecule has 7 heteroatoms. The Balaban J connectivity index is 0.000000294. The van der Waals surface area contributed by atoms with Crippen LogP contribution in [0, 0.1) is 0 Å². The molecule has 29 heavy (non-hydrogen) atoms. The van der Waals surface area contributed by atoms with Crippen LogP contribution in [0.5, 0.6) is 0 Å². The van der Waals surface area contributed by atoms with Gasteiger partial charge in [0, 0.05) is 19.2 Å². The average molecular weight is 415 g/mol. The molecule has 0 unspecified atom stereocenters. The molecule has 3 N–H and O–H groups in total. The van der Waals surface area contributed by atoms with Gasteiger partial charge < -0.3 is 25.2 Å². The highest BCUT2D eigenvalue weighted by atomic mass is 16.6. The van der Waals surface area contributed by atoms with E-state index in [1.807, 2.05) is 0 Å². The first-order valence-electron chi connectivity index (χ1n) is 11.1. The molecule has 2 aliphatic carbocycles. The summed E-state index contributed by atoms with van der Waals surface area (Å²) in [5.74, 6) is -1.17. The quantitative estimate of drug-likeness (QED) is 0.601. The molecule has 2 rings (SSSR count). The van der Waals surface area contributed by atoms with E-state index in [1.54, 1.807) is 27.7 Å². The van der Waals surface area contributed by atoms with Gasteiger partial charge in [-0.3, -0.25) is 0 Å². The van der Waals surface area contributed by atoms with Gasteiger partial charge in [0.05, 0.1) is 6.10 Å². The van der Waals surface area contributed by atoms with E-state index < -0.39 is 29.8 Å². The number of hydrogen-bond donors (Lipinski definition) is 3. The fourth-order valence-electron chi connectivity index (χ4n) is 3.82. The van der Waals surface area contributed by atoms with Crippen LogP contribution in [-0.2, 0) is 14.3 Å². The maximum atomic E-state index is 11.3. The van der Waals surface area contributed by atoms with Crippen LogP contribution in [0.3, 0.4) is 0 Å². The predicted octanol–water partition coefficient (Wildman–Crippen LogP) is 4.24. The molecule has 2 atom stereocenters. The molecular weight excluding hydrogens is 372 g/mol. The maximum Gasteiger partial charge on any atom is 0.408 e. The summed E-state index contributed by atoms with van der Waals surface area (Å²) in [7, 11) is 1.37. The molecule has 0 aliphatic heterocycles. The number of hydrogen-bond acceptors (Lipinski definition) is 5. The van der Waals surface area contributed by atoms with Crippen molar-refractivity contribution in [2.24, 2.45) is 0 Å². The summed E-state index contributed by atoms with van der Waals surface area (Å²) >= 11 is 0. The number of nitrogens with one attached hydrogen (secondary N) is 2. The van der Waals surface area contributed by atoms with Crippen molar-refractivity contribution in [1.82, 2.24) is 10.6 Å². The molecule has 0 bridgehead atoms. The molecule has 0 aromatic rings. The summed E-state index contributed by atoms with van der Waals surface area (Å²) < 4.78 is 9.80. The monoisotopic (exact) mass is 414 g/mol. The number of carboxylic acids is 1. The van der Waals surface area contributed by atoms with Gasteiger partial charge in [0.15, 0.2) is 6.04 Å². The van der Waals surface area contributed by atoms with Gasteiger partial charge in [-0.2, -0.15) is 0 Å². The molecule has 0 radical (unpaired) electrons. The molecule has 170 valence electrons. The number of carboxylic acid groups (broad SMARTS) is 1. The highest BCUT2D eigenvalue weighted by Crippen LogP contribution is 2.22. The molecule has 2 aliphatic rings. The lowest BCUT2D eigenvalue weighted by Gasteiger charge is -2.30. The van der Waals surface area contributed by atoms with Gasteiger partial charge in [-0.25, -0.2) is 9.59 Å². The van der Waals surface area contributed by atoms with E-state index in [0.717, 1.165) is 12.1 Å². The summed E-state index contributed by atoms with van der Waals surface area (Å²) in [4.78, 5) is 22.2. The Morgan fingerprint density at radius 3 is 1.72 bits per heavy atom. The zero-order chi connectivity index (χ0) is 21.9. The zero-order valence-corrected chi connectivity index (χ0v) is 19.0. The molecule has 7 nitrogen and oxygen atoms in total. The SMILES string of the molecule is C1CCC(NC2CCCCC2)CC1.CO[C@@H](C)[C@@H](NC(=O)OC(C)(C)C)C(=O)O. The Morgan fingerprint density at radius 2 is 1.38 bits per heavy atom. The van der Waals surface area contributed by atoms with E-state index >= 15 is 0 Å². The third-order valence-electron chi connectivity index (χ3n) is 5.46. The first kappa shape index (κ1) is 25.7. The minimum Gasteiger partial charge on any atom is -0.480 e. The predicted molar refractivity (Wildman–Crippen MR) is 114 cm³/mol. The van der Waals surface area contributed by atoms with Crippen molar-refractivity contribution >= 4 is 12.1 Å². The Hall–Kier alpha value is -1.34. The van der Waals surface area contributed by atoms with Crippen LogP contribution in [0.15, 0.2) is 0 Å². The maximum absolute atomic E-state index is 11.3. The minimum atomic E-state index is -1.17. The Kier molecular flexibility index (Phi) is 11.6. The zero-order valence-electron chi connectivity index (χ0n) is 19.0. The number of amides is 1. The number of alkyl carbamates (subject to hydrolysis) is 1. The summed E-state index contributed by atoms with van der Waals surface area (Å²) in [5, 5.41) is 15.0. The van der Waals surface area contributed by atoms with Crippen molar-refractivity contribution in [3.63, 3.8) is 0 Å². The van der Waals surface area contributed by atoms with Crippen molar-refractivity contribution in [1.29, 1.82) is 0 Å². The smallest absolute Gasteiger partial charge is 0.408 e. The second-order valence-corrected chi connectivity index (χ2v) is 9.24. The lowest BCUT2D eigenvalue weighted by molar-refractivity contribution is -0.142. The Bertz CT molecular complexity index is 464. The Labute approximate surface area is 176 Å². The van der Waals surface area contributed by atoms with Crippen molar-refractivity contribution in [3.8, 4) is 0 Å². The van der Waals surface area contributed by atoms with Gasteiger partial charge in [0.25, 0.3) is 0 Å².